The van der Waals surface area contributed by atoms with Crippen LogP contribution in [0.15, 0.2) is 48.7 Å². The number of ketones is 1. The molecule has 1 atom stereocenters. The zero-order valence-electron chi connectivity index (χ0n) is 15.1. The first kappa shape index (κ1) is 16.9. The highest BCUT2D eigenvalue weighted by molar-refractivity contribution is 5.94. The van der Waals surface area contributed by atoms with Crippen molar-refractivity contribution in [3.63, 3.8) is 0 Å². The number of fused-ring (bicyclic) bond motifs is 1. The van der Waals surface area contributed by atoms with Crippen LogP contribution in [0.5, 0.6) is 0 Å². The van der Waals surface area contributed by atoms with E-state index in [0.29, 0.717) is 11.7 Å². The van der Waals surface area contributed by atoms with Crippen LogP contribution in [0.2, 0.25) is 0 Å². The van der Waals surface area contributed by atoms with Crippen molar-refractivity contribution in [1.29, 1.82) is 0 Å². The zero-order chi connectivity index (χ0) is 17.9. The monoisotopic (exact) mass is 348 g/mol. The molecule has 0 radical (unpaired) electrons. The van der Waals surface area contributed by atoms with Gasteiger partial charge in [0, 0.05) is 32.8 Å². The second kappa shape index (κ2) is 7.38. The van der Waals surface area contributed by atoms with Crippen LogP contribution in [0.1, 0.15) is 35.9 Å². The van der Waals surface area contributed by atoms with Crippen LogP contribution in [-0.4, -0.2) is 38.3 Å². The van der Waals surface area contributed by atoms with Crippen molar-refractivity contribution in [2.45, 2.75) is 32.9 Å². The number of hydrogen-bond donors (Lipinski definition) is 0. The number of hydrogen-bond acceptors (Lipinski definition) is 4. The van der Waals surface area contributed by atoms with Gasteiger partial charge in [-0.25, -0.2) is 9.97 Å². The summed E-state index contributed by atoms with van der Waals surface area (Å²) in [5, 5.41) is 0. The fourth-order valence-corrected chi connectivity index (χ4v) is 3.94. The summed E-state index contributed by atoms with van der Waals surface area (Å²) >= 11 is 0. The van der Waals surface area contributed by atoms with Gasteiger partial charge in [-0.15, -0.1) is 0 Å². The summed E-state index contributed by atoms with van der Waals surface area (Å²) < 4.78 is 2.02. The lowest BCUT2D eigenvalue weighted by molar-refractivity contribution is 0.0995. The molecule has 3 heterocycles. The number of rotatable bonds is 5. The minimum Gasteiger partial charge on any atom is -0.306 e. The Kier molecular flexibility index (Phi) is 4.80. The highest BCUT2D eigenvalue weighted by Crippen LogP contribution is 2.23. The third-order valence-corrected chi connectivity index (χ3v) is 5.11. The Morgan fingerprint density at radius 1 is 1.19 bits per heavy atom. The Morgan fingerprint density at radius 2 is 2.04 bits per heavy atom. The summed E-state index contributed by atoms with van der Waals surface area (Å²) in [5.41, 5.74) is 2.97. The Labute approximate surface area is 153 Å². The maximum Gasteiger partial charge on any atom is 0.195 e. The average molecular weight is 348 g/mol. The van der Waals surface area contributed by atoms with Gasteiger partial charge in [-0.1, -0.05) is 30.3 Å². The quantitative estimate of drug-likeness (QED) is 0.662. The number of carbonyl (C=O) groups excluding carboxylic acids is 1. The molecule has 0 unspecified atom stereocenters. The maximum atomic E-state index is 12.1. The molecular formula is C21H24N4O. The lowest BCUT2D eigenvalue weighted by Gasteiger charge is -2.33. The molecule has 1 fully saturated rings. The van der Waals surface area contributed by atoms with E-state index in [2.05, 4.69) is 45.2 Å². The molecule has 0 N–H and O–H groups in total. The molecule has 5 heteroatoms. The predicted octanol–water partition coefficient (Wildman–Crippen LogP) is 3.55. The topological polar surface area (TPSA) is 51.0 Å². The number of piperidine rings is 1. The number of likely N-dealkylation sites (tertiary alicyclic amines) is 1. The van der Waals surface area contributed by atoms with Crippen molar-refractivity contribution in [2.24, 2.45) is 5.92 Å². The van der Waals surface area contributed by atoms with E-state index in [1.54, 1.807) is 13.1 Å². The van der Waals surface area contributed by atoms with E-state index >= 15 is 0 Å². The van der Waals surface area contributed by atoms with E-state index in [4.69, 9.17) is 0 Å². The van der Waals surface area contributed by atoms with E-state index in [9.17, 15) is 4.79 Å². The second-order valence-corrected chi connectivity index (χ2v) is 7.18. The van der Waals surface area contributed by atoms with E-state index in [-0.39, 0.29) is 5.78 Å². The number of pyridine rings is 1. The minimum absolute atomic E-state index is 0.0000453. The van der Waals surface area contributed by atoms with Gasteiger partial charge in [0.05, 0.1) is 0 Å². The van der Waals surface area contributed by atoms with Crippen LogP contribution in [0.4, 0.5) is 0 Å². The number of imidazole rings is 1. The Morgan fingerprint density at radius 3 is 2.85 bits per heavy atom. The van der Waals surface area contributed by atoms with Gasteiger partial charge in [0.2, 0.25) is 0 Å². The van der Waals surface area contributed by atoms with Crippen LogP contribution < -0.4 is 0 Å². The fraction of sp³-hybridized carbons (Fsp3) is 0.381. The van der Waals surface area contributed by atoms with Gasteiger partial charge in [0.25, 0.3) is 0 Å². The number of Topliss-reactive ketones (excluding diaryl/α,β-unsaturated/α-hetero) is 1. The van der Waals surface area contributed by atoms with E-state index in [1.807, 2.05) is 16.7 Å². The first-order chi connectivity index (χ1) is 12.7. The Hall–Kier alpha value is -2.53. The molecule has 134 valence electrons. The van der Waals surface area contributed by atoms with Crippen molar-refractivity contribution in [3.05, 3.63) is 60.0 Å². The molecule has 0 bridgehead atoms. The molecule has 2 aromatic heterocycles. The van der Waals surface area contributed by atoms with Crippen molar-refractivity contribution in [1.82, 2.24) is 19.4 Å². The molecule has 1 aromatic carbocycles. The van der Waals surface area contributed by atoms with Crippen LogP contribution >= 0.6 is 0 Å². The number of carbonyl (C=O) groups is 1. The summed E-state index contributed by atoms with van der Waals surface area (Å²) in [4.78, 5) is 23.6. The van der Waals surface area contributed by atoms with E-state index in [0.717, 1.165) is 37.3 Å². The summed E-state index contributed by atoms with van der Waals surface area (Å²) in [6.07, 6.45) is 4.13. The molecular weight excluding hydrogens is 324 g/mol. The molecule has 3 aromatic rings. The summed E-state index contributed by atoms with van der Waals surface area (Å²) in [6.45, 7) is 5.54. The first-order valence-corrected chi connectivity index (χ1v) is 9.29. The Bertz CT molecular complexity index is 903. The molecule has 5 nitrogen and oxygen atoms in total. The lowest BCUT2D eigenvalue weighted by atomic mass is 9.97. The fourth-order valence-electron chi connectivity index (χ4n) is 3.94. The second-order valence-electron chi connectivity index (χ2n) is 7.18. The van der Waals surface area contributed by atoms with Gasteiger partial charge in [-0.05, 0) is 43.0 Å². The van der Waals surface area contributed by atoms with Gasteiger partial charge >= 0.3 is 0 Å². The number of benzene rings is 1. The molecule has 1 aliphatic rings. The third kappa shape index (κ3) is 3.53. The third-order valence-electron chi connectivity index (χ3n) is 5.11. The molecule has 0 saturated carbocycles. The summed E-state index contributed by atoms with van der Waals surface area (Å²) in [6, 6.07) is 14.4. The lowest BCUT2D eigenvalue weighted by Crippen LogP contribution is -2.36. The molecule has 4 rings (SSSR count). The smallest absolute Gasteiger partial charge is 0.195 e. The number of aromatic nitrogens is 3. The molecule has 0 aliphatic carbocycles. The zero-order valence-corrected chi connectivity index (χ0v) is 15.1. The van der Waals surface area contributed by atoms with Gasteiger partial charge in [-0.3, -0.25) is 9.69 Å². The molecule has 0 spiro atoms. The van der Waals surface area contributed by atoms with Crippen molar-refractivity contribution < 1.29 is 4.79 Å². The van der Waals surface area contributed by atoms with Gasteiger partial charge < -0.3 is 4.57 Å². The standard InChI is InChI=1S/C21H24N4O/c1-16(26)20-23-19-10-5-11-22-21(19)25(20)15-18-9-6-12-24(14-18)13-17-7-3-2-4-8-17/h2-5,7-8,10-11,18H,6,9,12-15H2,1H3/t18-/m0/s1. The summed E-state index contributed by atoms with van der Waals surface area (Å²) in [5.74, 6) is 1.03. The minimum atomic E-state index is -0.0000453. The molecule has 1 saturated heterocycles. The number of nitrogens with zero attached hydrogens (tertiary/aromatic N) is 4. The first-order valence-electron chi connectivity index (χ1n) is 9.29. The van der Waals surface area contributed by atoms with Crippen molar-refractivity contribution in [3.8, 4) is 0 Å². The van der Waals surface area contributed by atoms with Crippen LogP contribution in [-0.2, 0) is 13.1 Å². The van der Waals surface area contributed by atoms with Crippen LogP contribution in [0, 0.1) is 5.92 Å². The van der Waals surface area contributed by atoms with Gasteiger partial charge in [0.1, 0.15) is 5.52 Å². The largest absolute Gasteiger partial charge is 0.306 e. The molecule has 26 heavy (non-hydrogen) atoms. The summed E-state index contributed by atoms with van der Waals surface area (Å²) in [7, 11) is 0. The average Bonchev–Trinajstić information content (AvgIpc) is 3.02. The highest BCUT2D eigenvalue weighted by Gasteiger charge is 2.23. The van der Waals surface area contributed by atoms with Crippen LogP contribution in [0.25, 0.3) is 11.2 Å². The SMILES string of the molecule is CC(=O)c1nc2cccnc2n1C[C@H]1CCCN(Cc2ccccc2)C1. The van der Waals surface area contributed by atoms with Gasteiger partial charge in [-0.2, -0.15) is 0 Å². The van der Waals surface area contributed by atoms with Crippen molar-refractivity contribution >= 4 is 16.9 Å². The van der Waals surface area contributed by atoms with E-state index < -0.39 is 0 Å². The molecule has 0 amide bonds. The Balaban J connectivity index is 1.53. The van der Waals surface area contributed by atoms with E-state index in [1.165, 1.54) is 18.4 Å². The molecule has 1 aliphatic heterocycles. The van der Waals surface area contributed by atoms with Gasteiger partial charge in [0.15, 0.2) is 17.3 Å². The maximum absolute atomic E-state index is 12.1. The highest BCUT2D eigenvalue weighted by atomic mass is 16.1. The normalized spacial score (nSPS) is 18.3. The predicted molar refractivity (Wildman–Crippen MR) is 102 cm³/mol. The van der Waals surface area contributed by atoms with Crippen molar-refractivity contribution in [2.75, 3.05) is 13.1 Å². The van der Waals surface area contributed by atoms with Crippen LogP contribution in [0.3, 0.4) is 0 Å².